The lowest BCUT2D eigenvalue weighted by Crippen LogP contribution is -2.42. The molecule has 0 spiro atoms. The van der Waals surface area contributed by atoms with E-state index in [1.807, 2.05) is 6.92 Å². The Labute approximate surface area is 96.9 Å². The highest BCUT2D eigenvalue weighted by Crippen LogP contribution is 2.57. The Morgan fingerprint density at radius 2 is 2.06 bits per heavy atom. The molecule has 0 saturated heterocycles. The number of carbonyl (C=O) groups is 1. The zero-order chi connectivity index (χ0) is 11.9. The van der Waals surface area contributed by atoms with Gasteiger partial charge in [0.2, 0.25) is 0 Å². The summed E-state index contributed by atoms with van der Waals surface area (Å²) < 4.78 is 0. The maximum Gasteiger partial charge on any atom is 0.306 e. The van der Waals surface area contributed by atoms with Crippen LogP contribution in [-0.2, 0) is 4.79 Å². The van der Waals surface area contributed by atoms with E-state index in [0.29, 0.717) is 5.92 Å². The topological polar surface area (TPSA) is 57.5 Å². The quantitative estimate of drug-likeness (QED) is 0.759. The number of aliphatic hydroxyl groups excluding tert-OH is 1. The Balaban J connectivity index is 2.21. The van der Waals surface area contributed by atoms with E-state index in [4.69, 9.17) is 5.11 Å². The van der Waals surface area contributed by atoms with E-state index < -0.39 is 5.97 Å². The summed E-state index contributed by atoms with van der Waals surface area (Å²) in [4.78, 5) is 11.1. The smallest absolute Gasteiger partial charge is 0.306 e. The van der Waals surface area contributed by atoms with Crippen molar-refractivity contribution in [3.8, 4) is 0 Å². The van der Waals surface area contributed by atoms with Crippen molar-refractivity contribution in [1.29, 1.82) is 0 Å². The molecule has 3 nitrogen and oxygen atoms in total. The van der Waals surface area contributed by atoms with E-state index in [1.165, 1.54) is 0 Å². The van der Waals surface area contributed by atoms with Crippen molar-refractivity contribution < 1.29 is 15.0 Å². The second-order valence-electron chi connectivity index (χ2n) is 5.88. The lowest BCUT2D eigenvalue weighted by atomic mass is 9.62. The molecule has 0 aromatic heterocycles. The SMILES string of the molecule is C[C@H](C(=O)O)[C@@H]1CC[C@H]2[C@@H](O)CCC[C@@]12C. The molecule has 0 radical (unpaired) electrons. The molecule has 5 atom stereocenters. The maximum atomic E-state index is 11.1. The Morgan fingerprint density at radius 1 is 1.38 bits per heavy atom. The van der Waals surface area contributed by atoms with E-state index in [9.17, 15) is 9.90 Å². The summed E-state index contributed by atoms with van der Waals surface area (Å²) in [5, 5.41) is 19.2. The van der Waals surface area contributed by atoms with Gasteiger partial charge in [0.25, 0.3) is 0 Å². The van der Waals surface area contributed by atoms with Gasteiger partial charge in [-0.3, -0.25) is 4.79 Å². The van der Waals surface area contributed by atoms with Gasteiger partial charge in [0.15, 0.2) is 0 Å². The predicted molar refractivity (Wildman–Crippen MR) is 61.0 cm³/mol. The van der Waals surface area contributed by atoms with Crippen molar-refractivity contribution in [2.75, 3.05) is 0 Å². The van der Waals surface area contributed by atoms with E-state index in [1.54, 1.807) is 0 Å². The summed E-state index contributed by atoms with van der Waals surface area (Å²) in [7, 11) is 0. The molecule has 2 rings (SSSR count). The number of aliphatic carboxylic acids is 1. The van der Waals surface area contributed by atoms with Crippen molar-refractivity contribution >= 4 is 5.97 Å². The van der Waals surface area contributed by atoms with E-state index >= 15 is 0 Å². The fourth-order valence-electron chi connectivity index (χ4n) is 4.18. The third kappa shape index (κ3) is 1.65. The molecule has 16 heavy (non-hydrogen) atoms. The molecule has 92 valence electrons. The Morgan fingerprint density at radius 3 is 2.69 bits per heavy atom. The van der Waals surface area contributed by atoms with Crippen LogP contribution in [0.15, 0.2) is 0 Å². The highest BCUT2D eigenvalue weighted by molar-refractivity contribution is 5.70. The molecule has 0 aromatic carbocycles. The highest BCUT2D eigenvalue weighted by Gasteiger charge is 2.53. The van der Waals surface area contributed by atoms with Crippen molar-refractivity contribution in [2.45, 2.75) is 52.1 Å². The molecule has 0 bridgehead atoms. The number of hydrogen-bond acceptors (Lipinski definition) is 2. The van der Waals surface area contributed by atoms with Crippen LogP contribution in [0.3, 0.4) is 0 Å². The van der Waals surface area contributed by atoms with Crippen molar-refractivity contribution in [3.05, 3.63) is 0 Å². The first-order chi connectivity index (χ1) is 7.47. The molecule has 0 unspecified atom stereocenters. The summed E-state index contributed by atoms with van der Waals surface area (Å²) in [6.07, 6.45) is 4.78. The summed E-state index contributed by atoms with van der Waals surface area (Å²) in [5.74, 6) is -0.398. The van der Waals surface area contributed by atoms with Gasteiger partial charge in [-0.25, -0.2) is 0 Å². The molecule has 2 N–H and O–H groups in total. The molecule has 0 amide bonds. The number of fused-ring (bicyclic) bond motifs is 1. The maximum absolute atomic E-state index is 11.1. The minimum absolute atomic E-state index is 0.0511. The van der Waals surface area contributed by atoms with Crippen LogP contribution in [0.5, 0.6) is 0 Å². The molecule has 2 aliphatic carbocycles. The van der Waals surface area contributed by atoms with Crippen LogP contribution < -0.4 is 0 Å². The number of carboxylic acids is 1. The molecule has 0 aromatic rings. The Bertz CT molecular complexity index is 289. The van der Waals surface area contributed by atoms with E-state index in [0.717, 1.165) is 32.1 Å². The first-order valence-electron chi connectivity index (χ1n) is 6.37. The molecular weight excluding hydrogens is 204 g/mol. The molecule has 0 aliphatic heterocycles. The number of hydrogen-bond donors (Lipinski definition) is 2. The van der Waals surface area contributed by atoms with Crippen LogP contribution in [0.25, 0.3) is 0 Å². The average molecular weight is 226 g/mol. The third-order valence-corrected chi connectivity index (χ3v) is 5.16. The Kier molecular flexibility index (Phi) is 2.99. The highest BCUT2D eigenvalue weighted by atomic mass is 16.4. The minimum atomic E-state index is -0.688. The number of carboxylic acid groups (broad SMARTS) is 1. The van der Waals surface area contributed by atoms with Gasteiger partial charge in [-0.15, -0.1) is 0 Å². The standard InChI is InChI=1S/C13H22O3/c1-8(12(15)16)9-5-6-10-11(14)4-3-7-13(9,10)2/h8-11,14H,3-7H2,1-2H3,(H,15,16)/t8-,9-,10-,11-,13-/m0/s1. The normalized spacial score (nSPS) is 45.1. The predicted octanol–water partition coefficient (Wildman–Crippen LogP) is 2.28. The van der Waals surface area contributed by atoms with Gasteiger partial charge in [-0.05, 0) is 42.9 Å². The lowest BCUT2D eigenvalue weighted by molar-refractivity contribution is -0.145. The van der Waals surface area contributed by atoms with Crippen molar-refractivity contribution in [1.82, 2.24) is 0 Å². The Hall–Kier alpha value is -0.570. The first-order valence-corrected chi connectivity index (χ1v) is 6.37. The largest absolute Gasteiger partial charge is 0.481 e. The van der Waals surface area contributed by atoms with Gasteiger partial charge in [0.05, 0.1) is 12.0 Å². The second kappa shape index (κ2) is 4.02. The summed E-state index contributed by atoms with van der Waals surface area (Å²) >= 11 is 0. The fraction of sp³-hybridized carbons (Fsp3) is 0.923. The van der Waals surface area contributed by atoms with E-state index in [-0.39, 0.29) is 23.4 Å². The van der Waals surface area contributed by atoms with Gasteiger partial charge in [-0.2, -0.15) is 0 Å². The number of aliphatic hydroxyl groups is 1. The number of rotatable bonds is 2. The van der Waals surface area contributed by atoms with Crippen molar-refractivity contribution in [2.24, 2.45) is 23.2 Å². The van der Waals surface area contributed by atoms with Crippen LogP contribution in [0.2, 0.25) is 0 Å². The van der Waals surface area contributed by atoms with Gasteiger partial charge in [0, 0.05) is 0 Å². The van der Waals surface area contributed by atoms with Gasteiger partial charge in [0.1, 0.15) is 0 Å². The van der Waals surface area contributed by atoms with Gasteiger partial charge >= 0.3 is 5.97 Å². The summed E-state index contributed by atoms with van der Waals surface area (Å²) in [6, 6.07) is 0. The fourth-order valence-corrected chi connectivity index (χ4v) is 4.18. The third-order valence-electron chi connectivity index (χ3n) is 5.16. The summed E-state index contributed by atoms with van der Waals surface area (Å²) in [5.41, 5.74) is 0.0511. The summed E-state index contributed by atoms with van der Waals surface area (Å²) in [6.45, 7) is 4.01. The van der Waals surface area contributed by atoms with E-state index in [2.05, 4.69) is 6.92 Å². The molecule has 2 fully saturated rings. The van der Waals surface area contributed by atoms with Crippen molar-refractivity contribution in [3.63, 3.8) is 0 Å². The molecule has 0 heterocycles. The molecule has 3 heteroatoms. The van der Waals surface area contributed by atoms with Crippen LogP contribution in [0.1, 0.15) is 46.0 Å². The molecule has 2 saturated carbocycles. The van der Waals surface area contributed by atoms with Crippen LogP contribution in [0.4, 0.5) is 0 Å². The zero-order valence-corrected chi connectivity index (χ0v) is 10.1. The zero-order valence-electron chi connectivity index (χ0n) is 10.1. The van der Waals surface area contributed by atoms with Gasteiger partial charge < -0.3 is 10.2 Å². The lowest BCUT2D eigenvalue weighted by Gasteiger charge is -2.44. The van der Waals surface area contributed by atoms with Gasteiger partial charge in [-0.1, -0.05) is 20.3 Å². The second-order valence-corrected chi connectivity index (χ2v) is 5.88. The van der Waals surface area contributed by atoms with Crippen LogP contribution in [-0.4, -0.2) is 22.3 Å². The molecular formula is C13H22O3. The minimum Gasteiger partial charge on any atom is -0.481 e. The average Bonchev–Trinajstić information content (AvgIpc) is 2.55. The first kappa shape index (κ1) is 11.9. The van der Waals surface area contributed by atoms with Crippen LogP contribution in [0, 0.1) is 23.2 Å². The van der Waals surface area contributed by atoms with Crippen LogP contribution >= 0.6 is 0 Å². The molecule has 2 aliphatic rings. The monoisotopic (exact) mass is 226 g/mol.